The van der Waals surface area contributed by atoms with E-state index in [4.69, 9.17) is 4.74 Å². The average Bonchev–Trinajstić information content (AvgIpc) is 2.96. The molecule has 4 nitrogen and oxygen atoms in total. The second-order valence-corrected chi connectivity index (χ2v) is 5.90. The smallest absolute Gasteiger partial charge is 0.194 e. The number of imidazole rings is 1. The Balaban J connectivity index is 2.25. The van der Waals surface area contributed by atoms with Crippen molar-refractivity contribution in [1.82, 2.24) is 9.38 Å². The Morgan fingerprint density at radius 1 is 1.35 bits per heavy atom. The fourth-order valence-corrected chi connectivity index (χ4v) is 3.48. The van der Waals surface area contributed by atoms with Crippen molar-refractivity contribution in [3.63, 3.8) is 0 Å². The largest absolute Gasteiger partial charge is 0.496 e. The van der Waals surface area contributed by atoms with Gasteiger partial charge in [-0.25, -0.2) is 4.98 Å². The molecule has 1 aromatic carbocycles. The highest BCUT2D eigenvalue weighted by molar-refractivity contribution is 7.17. The molecule has 2 aromatic heterocycles. The Bertz CT molecular complexity index is 774. The minimum atomic E-state index is -0.0144. The van der Waals surface area contributed by atoms with Gasteiger partial charge in [-0.3, -0.25) is 4.40 Å². The van der Waals surface area contributed by atoms with Crippen molar-refractivity contribution in [1.29, 1.82) is 0 Å². The molecular weight excluding hydrogens is 272 g/mol. The van der Waals surface area contributed by atoms with Crippen LogP contribution in [0.3, 0.4) is 0 Å². The summed E-state index contributed by atoms with van der Waals surface area (Å²) in [4.78, 5) is 6.45. The van der Waals surface area contributed by atoms with Crippen molar-refractivity contribution in [2.45, 2.75) is 20.5 Å². The van der Waals surface area contributed by atoms with Gasteiger partial charge >= 0.3 is 0 Å². The summed E-state index contributed by atoms with van der Waals surface area (Å²) in [5, 5.41) is 9.47. The summed E-state index contributed by atoms with van der Waals surface area (Å²) in [5.41, 5.74) is 4.11. The van der Waals surface area contributed by atoms with Crippen molar-refractivity contribution in [3.8, 4) is 17.0 Å². The number of thiazole rings is 1. The first-order chi connectivity index (χ1) is 9.65. The summed E-state index contributed by atoms with van der Waals surface area (Å²) in [7, 11) is 1.68. The molecule has 3 aromatic rings. The van der Waals surface area contributed by atoms with E-state index in [1.54, 1.807) is 24.6 Å². The zero-order valence-corrected chi connectivity index (χ0v) is 12.5. The molecule has 0 saturated heterocycles. The normalized spacial score (nSPS) is 11.2. The number of rotatable bonds is 3. The van der Waals surface area contributed by atoms with Gasteiger partial charge in [-0.05, 0) is 37.6 Å². The Labute approximate surface area is 121 Å². The molecule has 2 heterocycles. The summed E-state index contributed by atoms with van der Waals surface area (Å²) in [6, 6.07) is 6.12. The Kier molecular flexibility index (Phi) is 3.23. The van der Waals surface area contributed by atoms with Gasteiger partial charge in [0.25, 0.3) is 0 Å². The van der Waals surface area contributed by atoms with Crippen molar-refractivity contribution in [3.05, 3.63) is 40.5 Å². The fraction of sp³-hybridized carbons (Fsp3) is 0.267. The van der Waals surface area contributed by atoms with E-state index in [2.05, 4.69) is 18.0 Å². The topological polar surface area (TPSA) is 46.8 Å². The standard InChI is InChI=1S/C15H16N2O2S/c1-9-6-11(4-5-13(9)19-3)14-10(2)20-15-16-7-12(8-18)17(14)15/h4-7,18H,8H2,1-3H3. The fourth-order valence-electron chi connectivity index (χ4n) is 2.49. The van der Waals surface area contributed by atoms with Gasteiger partial charge in [0.15, 0.2) is 4.96 Å². The summed E-state index contributed by atoms with van der Waals surface area (Å²) in [6.45, 7) is 4.09. The molecule has 0 amide bonds. The zero-order valence-electron chi connectivity index (χ0n) is 11.7. The van der Waals surface area contributed by atoms with Crippen molar-refractivity contribution >= 4 is 16.3 Å². The second kappa shape index (κ2) is 4.92. The maximum atomic E-state index is 9.47. The molecule has 20 heavy (non-hydrogen) atoms. The molecule has 0 saturated carbocycles. The average molecular weight is 288 g/mol. The first-order valence-corrected chi connectivity index (χ1v) is 7.19. The van der Waals surface area contributed by atoms with Gasteiger partial charge in [-0.15, -0.1) is 11.3 Å². The monoisotopic (exact) mass is 288 g/mol. The van der Waals surface area contributed by atoms with E-state index in [0.29, 0.717) is 0 Å². The molecule has 0 atom stereocenters. The van der Waals surface area contributed by atoms with Gasteiger partial charge in [0, 0.05) is 10.4 Å². The van der Waals surface area contributed by atoms with Crippen LogP contribution in [-0.2, 0) is 6.61 Å². The third-order valence-corrected chi connectivity index (χ3v) is 4.40. The van der Waals surface area contributed by atoms with Crippen LogP contribution in [0, 0.1) is 13.8 Å². The molecular formula is C15H16N2O2S. The molecule has 104 valence electrons. The molecule has 0 unspecified atom stereocenters. The van der Waals surface area contributed by atoms with Gasteiger partial charge in [-0.2, -0.15) is 0 Å². The number of aromatic nitrogens is 2. The van der Waals surface area contributed by atoms with Crippen molar-refractivity contribution in [2.24, 2.45) is 0 Å². The summed E-state index contributed by atoms with van der Waals surface area (Å²) >= 11 is 1.64. The molecule has 5 heteroatoms. The lowest BCUT2D eigenvalue weighted by molar-refractivity contribution is 0.276. The second-order valence-electron chi connectivity index (χ2n) is 4.72. The predicted octanol–water partition coefficient (Wildman–Crippen LogP) is 3.18. The van der Waals surface area contributed by atoms with Crippen LogP contribution >= 0.6 is 11.3 Å². The number of hydrogen-bond donors (Lipinski definition) is 1. The summed E-state index contributed by atoms with van der Waals surface area (Å²) in [6.07, 6.45) is 1.73. The third kappa shape index (κ3) is 1.90. The summed E-state index contributed by atoms with van der Waals surface area (Å²) < 4.78 is 7.34. The lowest BCUT2D eigenvalue weighted by Gasteiger charge is -2.09. The predicted molar refractivity (Wildman–Crippen MR) is 80.5 cm³/mol. The van der Waals surface area contributed by atoms with Crippen molar-refractivity contribution < 1.29 is 9.84 Å². The number of hydrogen-bond acceptors (Lipinski definition) is 4. The van der Waals surface area contributed by atoms with Crippen LogP contribution in [0.5, 0.6) is 5.75 Å². The zero-order chi connectivity index (χ0) is 14.3. The van der Waals surface area contributed by atoms with Crippen molar-refractivity contribution in [2.75, 3.05) is 7.11 Å². The van der Waals surface area contributed by atoms with Gasteiger partial charge in [0.05, 0.1) is 31.3 Å². The maximum Gasteiger partial charge on any atom is 0.194 e. The van der Waals surface area contributed by atoms with E-state index < -0.39 is 0 Å². The van der Waals surface area contributed by atoms with Crippen LogP contribution in [0.4, 0.5) is 0 Å². The first-order valence-electron chi connectivity index (χ1n) is 6.37. The lowest BCUT2D eigenvalue weighted by atomic mass is 10.1. The van der Waals surface area contributed by atoms with Crippen LogP contribution in [0.15, 0.2) is 24.4 Å². The number of benzene rings is 1. The molecule has 0 bridgehead atoms. The van der Waals surface area contributed by atoms with Gasteiger partial charge in [0.1, 0.15) is 5.75 Å². The third-order valence-electron chi connectivity index (χ3n) is 3.43. The van der Waals surface area contributed by atoms with E-state index in [9.17, 15) is 5.11 Å². The quantitative estimate of drug-likeness (QED) is 0.805. The summed E-state index contributed by atoms with van der Waals surface area (Å²) in [5.74, 6) is 0.880. The number of ether oxygens (including phenoxy) is 1. The first kappa shape index (κ1) is 13.1. The van der Waals surface area contributed by atoms with Crippen LogP contribution < -0.4 is 4.74 Å². The van der Waals surface area contributed by atoms with Crippen LogP contribution in [0.2, 0.25) is 0 Å². The molecule has 0 aliphatic rings. The van der Waals surface area contributed by atoms with E-state index in [1.807, 2.05) is 23.5 Å². The minimum Gasteiger partial charge on any atom is -0.496 e. The van der Waals surface area contributed by atoms with Crippen LogP contribution in [0.25, 0.3) is 16.2 Å². The maximum absolute atomic E-state index is 9.47. The number of nitrogens with zero attached hydrogens (tertiary/aromatic N) is 2. The van der Waals surface area contributed by atoms with E-state index in [-0.39, 0.29) is 6.61 Å². The Morgan fingerprint density at radius 2 is 2.15 bits per heavy atom. The highest BCUT2D eigenvalue weighted by Crippen LogP contribution is 2.34. The molecule has 0 radical (unpaired) electrons. The number of fused-ring (bicyclic) bond motifs is 1. The number of aliphatic hydroxyl groups is 1. The molecule has 1 N–H and O–H groups in total. The van der Waals surface area contributed by atoms with E-state index in [0.717, 1.165) is 33.2 Å². The number of aliphatic hydroxyl groups excluding tert-OH is 1. The molecule has 0 aliphatic carbocycles. The SMILES string of the molecule is COc1ccc(-c2c(C)sc3ncc(CO)n23)cc1C. The lowest BCUT2D eigenvalue weighted by Crippen LogP contribution is -1.95. The van der Waals surface area contributed by atoms with E-state index >= 15 is 0 Å². The van der Waals surface area contributed by atoms with Gasteiger partial charge in [0.2, 0.25) is 0 Å². The Hall–Kier alpha value is -1.85. The van der Waals surface area contributed by atoms with Crippen LogP contribution in [-0.4, -0.2) is 21.6 Å². The molecule has 0 spiro atoms. The van der Waals surface area contributed by atoms with Gasteiger partial charge in [-0.1, -0.05) is 0 Å². The highest BCUT2D eigenvalue weighted by atomic mass is 32.1. The minimum absolute atomic E-state index is 0.0144. The highest BCUT2D eigenvalue weighted by Gasteiger charge is 2.15. The van der Waals surface area contributed by atoms with E-state index in [1.165, 1.54) is 4.88 Å². The molecule has 0 fully saturated rings. The molecule has 3 rings (SSSR count). The van der Waals surface area contributed by atoms with Crippen LogP contribution in [0.1, 0.15) is 16.1 Å². The number of methoxy groups -OCH3 is 1. The molecule has 0 aliphatic heterocycles. The van der Waals surface area contributed by atoms with Gasteiger partial charge < -0.3 is 9.84 Å². The number of aryl methyl sites for hydroxylation is 2. The Morgan fingerprint density at radius 3 is 2.80 bits per heavy atom.